The fourth-order valence-electron chi connectivity index (χ4n) is 3.01. The molecule has 2 aromatic carbocycles. The number of hydrogen-bond donors (Lipinski definition) is 1. The van der Waals surface area contributed by atoms with Gasteiger partial charge in [0.25, 0.3) is 0 Å². The maximum atomic E-state index is 12.5. The standard InChI is InChI=1S/C21H22N2O3/c1-15-13-23(14-19(26-15)21(22)25)20(24)11-10-16-6-5-9-18(12-16)17-7-3-2-4-8-17/h2-12,15,19H,13-14H2,1H3,(H2,22,25)/b11-10+. The molecular formula is C21H22N2O3. The fourth-order valence-corrected chi connectivity index (χ4v) is 3.01. The van der Waals surface area contributed by atoms with Gasteiger partial charge in [-0.1, -0.05) is 48.5 Å². The van der Waals surface area contributed by atoms with E-state index in [0.29, 0.717) is 6.54 Å². The van der Waals surface area contributed by atoms with Gasteiger partial charge in [0.2, 0.25) is 11.8 Å². The Kier molecular flexibility index (Phi) is 5.49. The van der Waals surface area contributed by atoms with Crippen LogP contribution in [0.4, 0.5) is 0 Å². The van der Waals surface area contributed by atoms with E-state index in [2.05, 4.69) is 0 Å². The van der Waals surface area contributed by atoms with Crippen molar-refractivity contribution >= 4 is 17.9 Å². The second-order valence-electron chi connectivity index (χ2n) is 6.41. The predicted molar refractivity (Wildman–Crippen MR) is 101 cm³/mol. The van der Waals surface area contributed by atoms with Crippen molar-refractivity contribution in [3.05, 3.63) is 66.2 Å². The summed E-state index contributed by atoms with van der Waals surface area (Å²) in [5, 5.41) is 0. The topological polar surface area (TPSA) is 72.6 Å². The van der Waals surface area contributed by atoms with Crippen molar-refractivity contribution in [1.29, 1.82) is 0 Å². The van der Waals surface area contributed by atoms with Crippen LogP contribution in [0.2, 0.25) is 0 Å². The predicted octanol–water partition coefficient (Wildman–Crippen LogP) is 2.47. The summed E-state index contributed by atoms with van der Waals surface area (Å²) in [7, 11) is 0. The van der Waals surface area contributed by atoms with Crippen LogP contribution in [0.5, 0.6) is 0 Å². The summed E-state index contributed by atoms with van der Waals surface area (Å²) in [4.78, 5) is 25.4. The van der Waals surface area contributed by atoms with E-state index >= 15 is 0 Å². The van der Waals surface area contributed by atoms with E-state index in [1.54, 1.807) is 11.0 Å². The molecule has 1 fully saturated rings. The second kappa shape index (κ2) is 7.97. The van der Waals surface area contributed by atoms with Crippen LogP contribution in [0.15, 0.2) is 60.7 Å². The molecule has 0 radical (unpaired) electrons. The van der Waals surface area contributed by atoms with E-state index < -0.39 is 12.0 Å². The van der Waals surface area contributed by atoms with E-state index in [0.717, 1.165) is 16.7 Å². The van der Waals surface area contributed by atoms with Crippen LogP contribution >= 0.6 is 0 Å². The van der Waals surface area contributed by atoms with Crippen molar-refractivity contribution < 1.29 is 14.3 Å². The molecule has 1 heterocycles. The van der Waals surface area contributed by atoms with Gasteiger partial charge in [0.05, 0.1) is 12.6 Å². The van der Waals surface area contributed by atoms with E-state index in [1.165, 1.54) is 6.08 Å². The fraction of sp³-hybridized carbons (Fsp3) is 0.238. The summed E-state index contributed by atoms with van der Waals surface area (Å²) in [5.74, 6) is -0.703. The molecule has 2 atom stereocenters. The number of morpholine rings is 1. The molecule has 1 aliphatic heterocycles. The molecule has 3 rings (SSSR count). The van der Waals surface area contributed by atoms with E-state index in [-0.39, 0.29) is 18.6 Å². The lowest BCUT2D eigenvalue weighted by molar-refractivity contribution is -0.149. The van der Waals surface area contributed by atoms with Gasteiger partial charge in [0.1, 0.15) is 0 Å². The van der Waals surface area contributed by atoms with Crippen molar-refractivity contribution in [3.8, 4) is 11.1 Å². The minimum atomic E-state index is -0.752. The number of nitrogens with two attached hydrogens (primary N) is 1. The Bertz CT molecular complexity index is 817. The number of ether oxygens (including phenoxy) is 1. The van der Waals surface area contributed by atoms with Gasteiger partial charge in [-0.25, -0.2) is 0 Å². The molecule has 1 saturated heterocycles. The minimum absolute atomic E-state index is 0.156. The summed E-state index contributed by atoms with van der Waals surface area (Å²) < 4.78 is 5.46. The molecule has 2 N–H and O–H groups in total. The lowest BCUT2D eigenvalue weighted by Gasteiger charge is -2.34. The lowest BCUT2D eigenvalue weighted by Crippen LogP contribution is -2.53. The molecule has 26 heavy (non-hydrogen) atoms. The van der Waals surface area contributed by atoms with E-state index in [9.17, 15) is 9.59 Å². The molecule has 0 spiro atoms. The molecule has 2 aromatic rings. The third-order valence-corrected chi connectivity index (χ3v) is 4.30. The third kappa shape index (κ3) is 4.37. The number of hydrogen-bond acceptors (Lipinski definition) is 3. The van der Waals surface area contributed by atoms with Gasteiger partial charge in [-0.3, -0.25) is 9.59 Å². The quantitative estimate of drug-likeness (QED) is 0.861. The summed E-state index contributed by atoms with van der Waals surface area (Å²) in [6, 6.07) is 18.1. The number of nitrogens with zero attached hydrogens (tertiary/aromatic N) is 1. The maximum Gasteiger partial charge on any atom is 0.248 e. The minimum Gasteiger partial charge on any atom is -0.367 e. The number of carbonyl (C=O) groups excluding carboxylic acids is 2. The average Bonchev–Trinajstić information content (AvgIpc) is 2.66. The third-order valence-electron chi connectivity index (χ3n) is 4.30. The Morgan fingerprint density at radius 2 is 1.81 bits per heavy atom. The summed E-state index contributed by atoms with van der Waals surface area (Å²) in [6.45, 7) is 2.45. The van der Waals surface area contributed by atoms with Crippen LogP contribution in [0, 0.1) is 0 Å². The van der Waals surface area contributed by atoms with Crippen molar-refractivity contribution in [2.24, 2.45) is 5.73 Å². The second-order valence-corrected chi connectivity index (χ2v) is 6.41. The first-order valence-corrected chi connectivity index (χ1v) is 8.60. The molecule has 0 bridgehead atoms. The van der Waals surface area contributed by atoms with Crippen molar-refractivity contribution in [1.82, 2.24) is 4.90 Å². The molecule has 0 saturated carbocycles. The van der Waals surface area contributed by atoms with E-state index in [1.807, 2.05) is 61.5 Å². The highest BCUT2D eigenvalue weighted by molar-refractivity contribution is 5.92. The Hall–Kier alpha value is -2.92. The first kappa shape index (κ1) is 17.9. The molecule has 2 unspecified atom stereocenters. The Balaban J connectivity index is 1.71. The molecule has 1 aliphatic rings. The highest BCUT2D eigenvalue weighted by Crippen LogP contribution is 2.20. The smallest absolute Gasteiger partial charge is 0.248 e. The zero-order chi connectivity index (χ0) is 18.5. The van der Waals surface area contributed by atoms with Crippen LogP contribution in [0.25, 0.3) is 17.2 Å². The van der Waals surface area contributed by atoms with E-state index in [4.69, 9.17) is 10.5 Å². The van der Waals surface area contributed by atoms with Gasteiger partial charge in [-0.15, -0.1) is 0 Å². The van der Waals surface area contributed by atoms with Crippen LogP contribution < -0.4 is 5.73 Å². The monoisotopic (exact) mass is 350 g/mol. The first-order valence-electron chi connectivity index (χ1n) is 8.60. The molecule has 134 valence electrons. The zero-order valence-electron chi connectivity index (χ0n) is 14.7. The van der Waals surface area contributed by atoms with Crippen LogP contribution in [0.1, 0.15) is 12.5 Å². The van der Waals surface area contributed by atoms with Crippen molar-refractivity contribution in [2.45, 2.75) is 19.1 Å². The van der Waals surface area contributed by atoms with Gasteiger partial charge in [-0.05, 0) is 35.8 Å². The highest BCUT2D eigenvalue weighted by atomic mass is 16.5. The molecular weight excluding hydrogens is 328 g/mol. The van der Waals surface area contributed by atoms with Gasteiger partial charge in [0.15, 0.2) is 6.10 Å². The number of rotatable bonds is 4. The van der Waals surface area contributed by atoms with Gasteiger partial charge in [-0.2, -0.15) is 0 Å². The SMILES string of the molecule is CC1CN(C(=O)/C=C/c2cccc(-c3ccccc3)c2)CC(C(N)=O)O1. The molecule has 2 amide bonds. The number of carbonyl (C=O) groups is 2. The molecule has 5 nitrogen and oxygen atoms in total. The average molecular weight is 350 g/mol. The van der Waals surface area contributed by atoms with Crippen LogP contribution in [0.3, 0.4) is 0 Å². The van der Waals surface area contributed by atoms with Gasteiger partial charge in [0, 0.05) is 12.6 Å². The summed E-state index contributed by atoms with van der Waals surface area (Å²) >= 11 is 0. The van der Waals surface area contributed by atoms with Crippen molar-refractivity contribution in [3.63, 3.8) is 0 Å². The number of benzene rings is 2. The summed E-state index contributed by atoms with van der Waals surface area (Å²) in [5.41, 5.74) is 8.46. The molecule has 5 heteroatoms. The maximum absolute atomic E-state index is 12.5. The first-order chi connectivity index (χ1) is 12.5. The van der Waals surface area contributed by atoms with Crippen LogP contribution in [-0.4, -0.2) is 42.0 Å². The highest BCUT2D eigenvalue weighted by Gasteiger charge is 2.30. The van der Waals surface area contributed by atoms with Crippen molar-refractivity contribution in [2.75, 3.05) is 13.1 Å². The lowest BCUT2D eigenvalue weighted by atomic mass is 10.0. The Labute approximate surface area is 153 Å². The normalized spacial score (nSPS) is 20.3. The Morgan fingerprint density at radius 3 is 2.54 bits per heavy atom. The van der Waals surface area contributed by atoms with Crippen LogP contribution in [-0.2, 0) is 14.3 Å². The van der Waals surface area contributed by atoms with Gasteiger partial charge < -0.3 is 15.4 Å². The Morgan fingerprint density at radius 1 is 1.08 bits per heavy atom. The molecule has 0 aliphatic carbocycles. The number of amides is 2. The molecule has 0 aromatic heterocycles. The summed E-state index contributed by atoms with van der Waals surface area (Å²) in [6.07, 6.45) is 2.34. The van der Waals surface area contributed by atoms with Gasteiger partial charge >= 0.3 is 0 Å². The zero-order valence-corrected chi connectivity index (χ0v) is 14.7. The largest absolute Gasteiger partial charge is 0.367 e. The number of primary amides is 1.